The van der Waals surface area contributed by atoms with Crippen LogP contribution in [0.15, 0.2) is 109 Å². The highest BCUT2D eigenvalue weighted by Gasteiger charge is 2.28. The van der Waals surface area contributed by atoms with Gasteiger partial charge in [0.05, 0.1) is 0 Å². The molecule has 0 unspecified atom stereocenters. The number of halogens is 1. The molecule has 0 atom stereocenters. The largest absolute Gasteiger partial charge is 0.489 e. The number of hydrogen-bond acceptors (Lipinski definition) is 2. The summed E-state index contributed by atoms with van der Waals surface area (Å²) in [5, 5.41) is 0. The van der Waals surface area contributed by atoms with Crippen LogP contribution in [-0.4, -0.2) is 18.0 Å². The number of piperidine rings is 1. The highest BCUT2D eigenvalue weighted by molar-refractivity contribution is 5.33. The van der Waals surface area contributed by atoms with Gasteiger partial charge in [-0.2, -0.15) is 0 Å². The van der Waals surface area contributed by atoms with E-state index in [0.717, 1.165) is 25.4 Å². The van der Waals surface area contributed by atoms with Crippen molar-refractivity contribution in [3.05, 3.63) is 137 Å². The van der Waals surface area contributed by atoms with Gasteiger partial charge in [0.2, 0.25) is 0 Å². The average molecular weight is 466 g/mol. The SMILES string of the molecule is Fc1ccccc1COc1ccc(CN2CCC(C(c3ccccc3)c3ccccc3)CC2)cc1. The van der Waals surface area contributed by atoms with Gasteiger partial charge in [-0.15, -0.1) is 0 Å². The van der Waals surface area contributed by atoms with Crippen molar-refractivity contribution >= 4 is 0 Å². The van der Waals surface area contributed by atoms with Crippen LogP contribution in [0.5, 0.6) is 5.75 Å². The van der Waals surface area contributed by atoms with Crippen LogP contribution >= 0.6 is 0 Å². The van der Waals surface area contributed by atoms with Gasteiger partial charge in [-0.05, 0) is 66.7 Å². The summed E-state index contributed by atoms with van der Waals surface area (Å²) in [6.45, 7) is 3.39. The van der Waals surface area contributed by atoms with Gasteiger partial charge in [0.15, 0.2) is 0 Å². The molecular formula is C32H32FNO. The Morgan fingerprint density at radius 3 is 1.89 bits per heavy atom. The molecule has 1 fully saturated rings. The Morgan fingerprint density at radius 2 is 1.29 bits per heavy atom. The third-order valence-electron chi connectivity index (χ3n) is 7.10. The molecule has 1 saturated heterocycles. The van der Waals surface area contributed by atoms with Crippen LogP contribution in [0.1, 0.15) is 41.0 Å². The van der Waals surface area contributed by atoms with Crippen molar-refractivity contribution in [3.8, 4) is 5.75 Å². The molecule has 1 aliphatic heterocycles. The highest BCUT2D eigenvalue weighted by Crippen LogP contribution is 2.38. The van der Waals surface area contributed by atoms with Crippen molar-refractivity contribution in [2.24, 2.45) is 5.92 Å². The van der Waals surface area contributed by atoms with E-state index in [1.807, 2.05) is 18.2 Å². The predicted molar refractivity (Wildman–Crippen MR) is 140 cm³/mol. The number of rotatable bonds is 8. The van der Waals surface area contributed by atoms with Crippen molar-refractivity contribution in [2.45, 2.75) is 31.9 Å². The second kappa shape index (κ2) is 11.3. The number of ether oxygens (including phenoxy) is 1. The molecule has 0 N–H and O–H groups in total. The summed E-state index contributed by atoms with van der Waals surface area (Å²) in [6.07, 6.45) is 2.39. The number of likely N-dealkylation sites (tertiary alicyclic amines) is 1. The van der Waals surface area contributed by atoms with E-state index in [4.69, 9.17) is 4.74 Å². The lowest BCUT2D eigenvalue weighted by molar-refractivity contribution is 0.168. The van der Waals surface area contributed by atoms with Crippen molar-refractivity contribution in [1.82, 2.24) is 4.90 Å². The van der Waals surface area contributed by atoms with Crippen molar-refractivity contribution in [1.29, 1.82) is 0 Å². The number of benzene rings is 4. The summed E-state index contributed by atoms with van der Waals surface area (Å²) in [7, 11) is 0. The first-order chi connectivity index (χ1) is 17.3. The molecule has 0 amide bonds. The van der Waals surface area contributed by atoms with E-state index in [-0.39, 0.29) is 12.4 Å². The van der Waals surface area contributed by atoms with E-state index in [1.165, 1.54) is 35.6 Å². The molecule has 0 radical (unpaired) electrons. The lowest BCUT2D eigenvalue weighted by Crippen LogP contribution is -2.35. The van der Waals surface area contributed by atoms with Gasteiger partial charge in [-0.3, -0.25) is 4.90 Å². The van der Waals surface area contributed by atoms with Gasteiger partial charge in [0, 0.05) is 18.0 Å². The molecule has 1 heterocycles. The lowest BCUT2D eigenvalue weighted by atomic mass is 9.76. The molecule has 3 heteroatoms. The lowest BCUT2D eigenvalue weighted by Gasteiger charge is -2.36. The van der Waals surface area contributed by atoms with E-state index in [1.54, 1.807) is 12.1 Å². The minimum Gasteiger partial charge on any atom is -0.489 e. The molecule has 0 saturated carbocycles. The Morgan fingerprint density at radius 1 is 0.714 bits per heavy atom. The van der Waals surface area contributed by atoms with Crippen LogP contribution in [0.25, 0.3) is 0 Å². The quantitative estimate of drug-likeness (QED) is 0.268. The Kier molecular flexibility index (Phi) is 7.55. The van der Waals surface area contributed by atoms with E-state index < -0.39 is 0 Å². The molecule has 178 valence electrons. The molecule has 4 aromatic carbocycles. The molecule has 4 aromatic rings. The zero-order chi connectivity index (χ0) is 23.9. The predicted octanol–water partition coefficient (Wildman–Crippen LogP) is 7.45. The van der Waals surface area contributed by atoms with Crippen LogP contribution in [0.2, 0.25) is 0 Å². The minimum atomic E-state index is -0.228. The van der Waals surface area contributed by atoms with Crippen LogP contribution < -0.4 is 4.74 Å². The van der Waals surface area contributed by atoms with Gasteiger partial charge in [0.25, 0.3) is 0 Å². The van der Waals surface area contributed by atoms with Crippen LogP contribution in [0, 0.1) is 11.7 Å². The van der Waals surface area contributed by atoms with Crippen LogP contribution in [0.4, 0.5) is 4.39 Å². The van der Waals surface area contributed by atoms with Crippen molar-refractivity contribution < 1.29 is 9.13 Å². The molecule has 0 aromatic heterocycles. The van der Waals surface area contributed by atoms with Crippen LogP contribution in [0.3, 0.4) is 0 Å². The Hall–Kier alpha value is -3.43. The van der Waals surface area contributed by atoms with Crippen molar-refractivity contribution in [2.75, 3.05) is 13.1 Å². The van der Waals surface area contributed by atoms with E-state index in [2.05, 4.69) is 77.7 Å². The smallest absolute Gasteiger partial charge is 0.129 e. The Balaban J connectivity index is 1.17. The van der Waals surface area contributed by atoms with Gasteiger partial charge in [-0.1, -0.05) is 91.0 Å². The summed E-state index contributed by atoms with van der Waals surface area (Å²) in [4.78, 5) is 2.55. The second-order valence-electron chi connectivity index (χ2n) is 9.44. The zero-order valence-corrected chi connectivity index (χ0v) is 20.0. The Bertz CT molecular complexity index is 1150. The molecule has 0 spiro atoms. The Labute approximate surface area is 208 Å². The maximum Gasteiger partial charge on any atom is 0.129 e. The summed E-state index contributed by atoms with van der Waals surface area (Å²) in [6, 6.07) is 36.9. The fourth-order valence-corrected chi connectivity index (χ4v) is 5.23. The summed E-state index contributed by atoms with van der Waals surface area (Å²) in [5.74, 6) is 1.63. The average Bonchev–Trinajstić information content (AvgIpc) is 2.91. The summed E-state index contributed by atoms with van der Waals surface area (Å²) >= 11 is 0. The molecule has 1 aliphatic rings. The molecule has 5 rings (SSSR count). The van der Waals surface area contributed by atoms with E-state index >= 15 is 0 Å². The van der Waals surface area contributed by atoms with Gasteiger partial charge in [-0.25, -0.2) is 4.39 Å². The van der Waals surface area contributed by atoms with Gasteiger partial charge < -0.3 is 4.74 Å². The normalized spacial score (nSPS) is 14.8. The van der Waals surface area contributed by atoms with E-state index in [9.17, 15) is 4.39 Å². The number of nitrogens with zero attached hydrogens (tertiary/aromatic N) is 1. The third-order valence-corrected chi connectivity index (χ3v) is 7.10. The molecule has 2 nitrogen and oxygen atoms in total. The monoisotopic (exact) mass is 465 g/mol. The maximum absolute atomic E-state index is 13.8. The zero-order valence-electron chi connectivity index (χ0n) is 20.0. The standard InChI is InChI=1S/C32H32FNO/c33-31-14-8-7-13-29(31)24-35-30-17-15-25(16-18-30)23-34-21-19-28(20-22-34)32(26-9-3-1-4-10-26)27-11-5-2-6-12-27/h1-18,28,32H,19-24H2. The summed E-state index contributed by atoms with van der Waals surface area (Å²) < 4.78 is 19.6. The molecule has 0 bridgehead atoms. The molecule has 35 heavy (non-hydrogen) atoms. The first kappa shape index (κ1) is 23.3. The fourth-order valence-electron chi connectivity index (χ4n) is 5.23. The second-order valence-corrected chi connectivity index (χ2v) is 9.44. The number of hydrogen-bond donors (Lipinski definition) is 0. The van der Waals surface area contributed by atoms with Gasteiger partial charge >= 0.3 is 0 Å². The first-order valence-electron chi connectivity index (χ1n) is 12.5. The molecular weight excluding hydrogens is 433 g/mol. The van der Waals surface area contributed by atoms with E-state index in [0.29, 0.717) is 17.4 Å². The van der Waals surface area contributed by atoms with Crippen molar-refractivity contribution in [3.63, 3.8) is 0 Å². The topological polar surface area (TPSA) is 12.5 Å². The molecule has 0 aliphatic carbocycles. The maximum atomic E-state index is 13.8. The van der Waals surface area contributed by atoms with Gasteiger partial charge in [0.1, 0.15) is 18.2 Å². The summed E-state index contributed by atoms with van der Waals surface area (Å²) in [5.41, 5.74) is 4.69. The highest BCUT2D eigenvalue weighted by atomic mass is 19.1. The fraction of sp³-hybridized carbons (Fsp3) is 0.250. The minimum absolute atomic E-state index is 0.228. The third kappa shape index (κ3) is 5.98. The first-order valence-corrected chi connectivity index (χ1v) is 12.5. The van der Waals surface area contributed by atoms with Crippen LogP contribution in [-0.2, 0) is 13.2 Å².